The molecular formula is C13H13NS. The highest BCUT2D eigenvalue weighted by atomic mass is 32.1. The normalized spacial score (nSPS) is 11.0. The maximum absolute atomic E-state index is 5.41. The van der Waals surface area contributed by atoms with Crippen LogP contribution >= 0.6 is 11.3 Å². The molecule has 0 aliphatic rings. The van der Waals surface area contributed by atoms with E-state index in [0.717, 1.165) is 0 Å². The van der Waals surface area contributed by atoms with Crippen LogP contribution in [0, 0.1) is 0 Å². The molecule has 1 heterocycles. The van der Waals surface area contributed by atoms with Crippen LogP contribution in [0.4, 0.5) is 0 Å². The fourth-order valence-electron chi connectivity index (χ4n) is 1.38. The standard InChI is InChI=1S/C13H13NS/c14-10-4-7-12-8-9-13(15-12)11-5-2-1-3-6-11/h1-9H,10,14H2/b7-4+. The molecule has 0 bridgehead atoms. The number of hydrogen-bond donors (Lipinski definition) is 1. The van der Waals surface area contributed by atoms with E-state index < -0.39 is 0 Å². The van der Waals surface area contributed by atoms with Gasteiger partial charge in [-0.05, 0) is 23.8 Å². The Bertz CT molecular complexity index is 443. The van der Waals surface area contributed by atoms with Crippen LogP contribution in [0.15, 0.2) is 48.5 Å². The monoisotopic (exact) mass is 215 g/mol. The molecular weight excluding hydrogens is 202 g/mol. The van der Waals surface area contributed by atoms with Crippen LogP contribution in [0.2, 0.25) is 0 Å². The zero-order valence-corrected chi connectivity index (χ0v) is 9.21. The Kier molecular flexibility index (Phi) is 3.33. The van der Waals surface area contributed by atoms with Crippen LogP contribution in [-0.2, 0) is 0 Å². The van der Waals surface area contributed by atoms with E-state index in [-0.39, 0.29) is 0 Å². The van der Waals surface area contributed by atoms with Crippen molar-refractivity contribution in [1.82, 2.24) is 0 Å². The van der Waals surface area contributed by atoms with Crippen LogP contribution in [-0.4, -0.2) is 6.54 Å². The van der Waals surface area contributed by atoms with Crippen LogP contribution < -0.4 is 5.73 Å². The Balaban J connectivity index is 2.24. The number of rotatable bonds is 3. The molecule has 1 nitrogen and oxygen atoms in total. The van der Waals surface area contributed by atoms with E-state index in [4.69, 9.17) is 5.73 Å². The molecule has 0 aliphatic heterocycles. The number of benzene rings is 1. The Hall–Kier alpha value is -1.38. The first-order valence-corrected chi connectivity index (χ1v) is 5.73. The molecule has 1 aromatic heterocycles. The van der Waals surface area contributed by atoms with Crippen molar-refractivity contribution < 1.29 is 0 Å². The van der Waals surface area contributed by atoms with E-state index in [2.05, 4.69) is 42.5 Å². The van der Waals surface area contributed by atoms with Gasteiger partial charge in [-0.3, -0.25) is 0 Å². The lowest BCUT2D eigenvalue weighted by molar-refractivity contribution is 1.26. The lowest BCUT2D eigenvalue weighted by Crippen LogP contribution is -1.91. The van der Waals surface area contributed by atoms with Crippen molar-refractivity contribution in [1.29, 1.82) is 0 Å². The van der Waals surface area contributed by atoms with Gasteiger partial charge in [-0.15, -0.1) is 11.3 Å². The molecule has 76 valence electrons. The second-order valence-corrected chi connectivity index (χ2v) is 4.32. The predicted molar refractivity (Wildman–Crippen MR) is 67.8 cm³/mol. The van der Waals surface area contributed by atoms with Crippen LogP contribution in [0.25, 0.3) is 16.5 Å². The highest BCUT2D eigenvalue weighted by molar-refractivity contribution is 7.16. The maximum Gasteiger partial charge on any atom is 0.0349 e. The third-order valence-electron chi connectivity index (χ3n) is 2.10. The molecule has 2 aromatic rings. The molecule has 0 amide bonds. The number of nitrogens with two attached hydrogens (primary N) is 1. The van der Waals surface area contributed by atoms with Crippen LogP contribution in [0.1, 0.15) is 4.88 Å². The van der Waals surface area contributed by atoms with Crippen LogP contribution in [0.3, 0.4) is 0 Å². The maximum atomic E-state index is 5.41. The molecule has 0 fully saturated rings. The molecule has 0 atom stereocenters. The molecule has 15 heavy (non-hydrogen) atoms. The minimum atomic E-state index is 0.596. The number of hydrogen-bond acceptors (Lipinski definition) is 2. The third kappa shape index (κ3) is 2.55. The van der Waals surface area contributed by atoms with Gasteiger partial charge in [-0.25, -0.2) is 0 Å². The second-order valence-electron chi connectivity index (χ2n) is 3.21. The summed E-state index contributed by atoms with van der Waals surface area (Å²) in [7, 11) is 0. The molecule has 2 heteroatoms. The van der Waals surface area contributed by atoms with Gasteiger partial charge in [0.1, 0.15) is 0 Å². The lowest BCUT2D eigenvalue weighted by atomic mass is 10.2. The quantitative estimate of drug-likeness (QED) is 0.834. The molecule has 0 saturated heterocycles. The highest BCUT2D eigenvalue weighted by Gasteiger charge is 1.99. The van der Waals surface area contributed by atoms with Crippen molar-refractivity contribution in [2.24, 2.45) is 5.73 Å². The fraction of sp³-hybridized carbons (Fsp3) is 0.0769. The zero-order valence-electron chi connectivity index (χ0n) is 8.39. The first kappa shape index (κ1) is 10.1. The Morgan fingerprint density at radius 2 is 1.87 bits per heavy atom. The van der Waals surface area contributed by atoms with E-state index >= 15 is 0 Å². The Labute approximate surface area is 93.9 Å². The molecule has 0 radical (unpaired) electrons. The van der Waals surface area contributed by atoms with Gasteiger partial charge in [0.25, 0.3) is 0 Å². The van der Waals surface area contributed by atoms with E-state index in [1.165, 1.54) is 15.3 Å². The summed E-state index contributed by atoms with van der Waals surface area (Å²) in [5.74, 6) is 0. The van der Waals surface area contributed by atoms with Gasteiger partial charge in [0.2, 0.25) is 0 Å². The van der Waals surface area contributed by atoms with E-state index in [1.807, 2.05) is 12.1 Å². The first-order valence-electron chi connectivity index (χ1n) is 4.92. The summed E-state index contributed by atoms with van der Waals surface area (Å²) in [6, 6.07) is 14.7. The van der Waals surface area contributed by atoms with Crippen molar-refractivity contribution in [3.05, 3.63) is 53.4 Å². The highest BCUT2D eigenvalue weighted by Crippen LogP contribution is 2.28. The topological polar surface area (TPSA) is 26.0 Å². The van der Waals surface area contributed by atoms with Gasteiger partial charge in [-0.1, -0.05) is 36.4 Å². The molecule has 0 saturated carbocycles. The van der Waals surface area contributed by atoms with Crippen molar-refractivity contribution in [2.75, 3.05) is 6.54 Å². The van der Waals surface area contributed by atoms with Gasteiger partial charge in [-0.2, -0.15) is 0 Å². The molecule has 2 rings (SSSR count). The summed E-state index contributed by atoms with van der Waals surface area (Å²) >= 11 is 1.78. The van der Waals surface area contributed by atoms with Crippen molar-refractivity contribution in [3.63, 3.8) is 0 Å². The molecule has 2 N–H and O–H groups in total. The largest absolute Gasteiger partial charge is 0.327 e. The van der Waals surface area contributed by atoms with Gasteiger partial charge in [0, 0.05) is 16.3 Å². The Morgan fingerprint density at radius 3 is 2.60 bits per heavy atom. The molecule has 1 aromatic carbocycles. The summed E-state index contributed by atoms with van der Waals surface area (Å²) in [6.45, 7) is 0.596. The van der Waals surface area contributed by atoms with Gasteiger partial charge < -0.3 is 5.73 Å². The third-order valence-corrected chi connectivity index (χ3v) is 3.20. The van der Waals surface area contributed by atoms with E-state index in [0.29, 0.717) is 6.54 Å². The summed E-state index contributed by atoms with van der Waals surface area (Å²) in [6.07, 6.45) is 4.04. The molecule has 0 spiro atoms. The van der Waals surface area contributed by atoms with Crippen molar-refractivity contribution in [3.8, 4) is 10.4 Å². The second kappa shape index (κ2) is 4.91. The lowest BCUT2D eigenvalue weighted by Gasteiger charge is -1.94. The van der Waals surface area contributed by atoms with Crippen molar-refractivity contribution >= 4 is 17.4 Å². The predicted octanol–water partition coefficient (Wildman–Crippen LogP) is 3.39. The minimum Gasteiger partial charge on any atom is -0.327 e. The average molecular weight is 215 g/mol. The summed E-state index contributed by atoms with van der Waals surface area (Å²) in [5, 5.41) is 0. The fourth-order valence-corrected chi connectivity index (χ4v) is 2.33. The average Bonchev–Trinajstić information content (AvgIpc) is 2.76. The number of thiophene rings is 1. The first-order chi connectivity index (χ1) is 7.40. The SMILES string of the molecule is NC/C=C/c1ccc(-c2ccccc2)s1. The summed E-state index contributed by atoms with van der Waals surface area (Å²) < 4.78 is 0. The van der Waals surface area contributed by atoms with E-state index in [9.17, 15) is 0 Å². The van der Waals surface area contributed by atoms with Crippen LogP contribution in [0.5, 0.6) is 0 Å². The van der Waals surface area contributed by atoms with Gasteiger partial charge >= 0.3 is 0 Å². The molecule has 0 aliphatic carbocycles. The van der Waals surface area contributed by atoms with E-state index in [1.54, 1.807) is 11.3 Å². The summed E-state index contributed by atoms with van der Waals surface area (Å²) in [4.78, 5) is 2.55. The Morgan fingerprint density at radius 1 is 1.07 bits per heavy atom. The molecule has 0 unspecified atom stereocenters. The summed E-state index contributed by atoms with van der Waals surface area (Å²) in [5.41, 5.74) is 6.69. The van der Waals surface area contributed by atoms with Crippen molar-refractivity contribution in [2.45, 2.75) is 0 Å². The van der Waals surface area contributed by atoms with Gasteiger partial charge in [0.05, 0.1) is 0 Å². The van der Waals surface area contributed by atoms with Gasteiger partial charge in [0.15, 0.2) is 0 Å². The minimum absolute atomic E-state index is 0.596. The smallest absolute Gasteiger partial charge is 0.0349 e. The zero-order chi connectivity index (χ0) is 10.5.